The Hall–Kier alpha value is -2.70. The van der Waals surface area contributed by atoms with Gasteiger partial charge in [-0.1, -0.05) is 12.1 Å². The summed E-state index contributed by atoms with van der Waals surface area (Å²) >= 11 is 0. The van der Waals surface area contributed by atoms with Gasteiger partial charge in [-0.2, -0.15) is 0 Å². The highest BCUT2D eigenvalue weighted by Gasteiger charge is 2.28. The van der Waals surface area contributed by atoms with E-state index in [9.17, 15) is 10.1 Å². The van der Waals surface area contributed by atoms with Crippen molar-refractivity contribution >= 4 is 23.0 Å². The number of nitro groups is 1. The molecule has 7 nitrogen and oxygen atoms in total. The predicted octanol–water partition coefficient (Wildman–Crippen LogP) is 3.74. The first-order valence-electron chi connectivity index (χ1n) is 8.15. The van der Waals surface area contributed by atoms with E-state index in [0.717, 1.165) is 49.2 Å². The van der Waals surface area contributed by atoms with Gasteiger partial charge in [-0.3, -0.25) is 10.1 Å². The van der Waals surface area contributed by atoms with E-state index in [1.807, 2.05) is 36.9 Å². The van der Waals surface area contributed by atoms with Gasteiger partial charge in [0.25, 0.3) is 0 Å². The molecule has 126 valence electrons. The van der Waals surface area contributed by atoms with Crippen LogP contribution in [0.4, 0.5) is 23.0 Å². The third-order valence-electron chi connectivity index (χ3n) is 4.50. The Labute approximate surface area is 140 Å². The quantitative estimate of drug-likeness (QED) is 0.680. The van der Waals surface area contributed by atoms with Crippen LogP contribution in [0, 0.1) is 24.0 Å². The van der Waals surface area contributed by atoms with Gasteiger partial charge in [0.15, 0.2) is 0 Å². The molecule has 0 saturated carbocycles. The summed E-state index contributed by atoms with van der Waals surface area (Å²) in [4.78, 5) is 21.6. The zero-order valence-electron chi connectivity index (χ0n) is 14.0. The van der Waals surface area contributed by atoms with Crippen molar-refractivity contribution < 1.29 is 4.92 Å². The van der Waals surface area contributed by atoms with E-state index in [0.29, 0.717) is 5.82 Å². The third kappa shape index (κ3) is 3.15. The summed E-state index contributed by atoms with van der Waals surface area (Å²) in [5.74, 6) is 0.645. The number of nitrogens with zero attached hydrogens (tertiary/aromatic N) is 4. The van der Waals surface area contributed by atoms with E-state index in [1.165, 1.54) is 6.33 Å². The van der Waals surface area contributed by atoms with E-state index in [4.69, 9.17) is 0 Å². The maximum Gasteiger partial charge on any atom is 0.353 e. The van der Waals surface area contributed by atoms with Gasteiger partial charge in [-0.15, -0.1) is 0 Å². The lowest BCUT2D eigenvalue weighted by Crippen LogP contribution is -2.31. The molecule has 1 N–H and O–H groups in total. The Morgan fingerprint density at radius 1 is 1.17 bits per heavy atom. The predicted molar refractivity (Wildman–Crippen MR) is 93.9 cm³/mol. The first kappa shape index (κ1) is 16.2. The smallest absolute Gasteiger partial charge is 0.351 e. The number of aryl methyl sites for hydroxylation is 1. The standard InChI is InChI=1S/C17H21N5O2/c1-12-7-6-8-14(13(12)2)20-16-15(22(23)24)17(19-11-18-16)21-9-4-3-5-10-21/h6-8,11H,3-5,9-10H2,1-2H3,(H,18,19,20). The van der Waals surface area contributed by atoms with Crippen molar-refractivity contribution in [1.29, 1.82) is 0 Å². The number of anilines is 3. The van der Waals surface area contributed by atoms with Gasteiger partial charge in [-0.05, 0) is 50.3 Å². The van der Waals surface area contributed by atoms with Crippen LogP contribution in [0.5, 0.6) is 0 Å². The monoisotopic (exact) mass is 327 g/mol. The topological polar surface area (TPSA) is 84.2 Å². The molecule has 0 amide bonds. The van der Waals surface area contributed by atoms with Gasteiger partial charge in [0.2, 0.25) is 11.6 Å². The van der Waals surface area contributed by atoms with Crippen molar-refractivity contribution in [3.8, 4) is 0 Å². The average Bonchev–Trinajstić information content (AvgIpc) is 2.59. The number of hydrogen-bond acceptors (Lipinski definition) is 6. The van der Waals surface area contributed by atoms with Crippen LogP contribution in [-0.2, 0) is 0 Å². The number of nitrogens with one attached hydrogen (secondary N) is 1. The summed E-state index contributed by atoms with van der Waals surface area (Å²) in [6.07, 6.45) is 4.61. The van der Waals surface area contributed by atoms with E-state index < -0.39 is 4.92 Å². The molecule has 7 heteroatoms. The minimum Gasteiger partial charge on any atom is -0.351 e. The second-order valence-electron chi connectivity index (χ2n) is 6.07. The lowest BCUT2D eigenvalue weighted by Gasteiger charge is -2.27. The van der Waals surface area contributed by atoms with Crippen molar-refractivity contribution in [2.24, 2.45) is 0 Å². The van der Waals surface area contributed by atoms with Gasteiger partial charge in [0.05, 0.1) is 4.92 Å². The molecule has 2 heterocycles. The third-order valence-corrected chi connectivity index (χ3v) is 4.50. The first-order valence-corrected chi connectivity index (χ1v) is 8.15. The molecule has 0 unspecified atom stereocenters. The molecular formula is C17H21N5O2. The summed E-state index contributed by atoms with van der Waals surface area (Å²) in [7, 11) is 0. The van der Waals surface area contributed by atoms with E-state index in [-0.39, 0.29) is 11.5 Å². The number of benzene rings is 1. The van der Waals surface area contributed by atoms with Gasteiger partial charge in [0, 0.05) is 18.8 Å². The van der Waals surface area contributed by atoms with Crippen LogP contribution >= 0.6 is 0 Å². The molecule has 0 atom stereocenters. The number of hydrogen-bond donors (Lipinski definition) is 1. The van der Waals surface area contributed by atoms with Crippen LogP contribution in [0.2, 0.25) is 0 Å². The highest BCUT2D eigenvalue weighted by molar-refractivity contribution is 5.75. The molecule has 24 heavy (non-hydrogen) atoms. The summed E-state index contributed by atoms with van der Waals surface area (Å²) in [6.45, 7) is 5.58. The van der Waals surface area contributed by atoms with Crippen LogP contribution in [0.25, 0.3) is 0 Å². The fraction of sp³-hybridized carbons (Fsp3) is 0.412. The maximum absolute atomic E-state index is 11.7. The lowest BCUT2D eigenvalue weighted by atomic mass is 10.1. The number of rotatable bonds is 4. The van der Waals surface area contributed by atoms with Gasteiger partial charge >= 0.3 is 5.69 Å². The zero-order chi connectivity index (χ0) is 17.1. The normalized spacial score (nSPS) is 14.5. The second-order valence-corrected chi connectivity index (χ2v) is 6.07. The summed E-state index contributed by atoms with van der Waals surface area (Å²) < 4.78 is 0. The molecule has 1 saturated heterocycles. The summed E-state index contributed by atoms with van der Waals surface area (Å²) in [5, 5.41) is 14.8. The van der Waals surface area contributed by atoms with Gasteiger partial charge in [-0.25, -0.2) is 9.97 Å². The van der Waals surface area contributed by atoms with Crippen molar-refractivity contribution in [3.63, 3.8) is 0 Å². The fourth-order valence-electron chi connectivity index (χ4n) is 2.98. The van der Waals surface area contributed by atoms with Crippen LogP contribution in [0.1, 0.15) is 30.4 Å². The Morgan fingerprint density at radius 2 is 1.92 bits per heavy atom. The van der Waals surface area contributed by atoms with Crippen molar-refractivity contribution in [2.45, 2.75) is 33.1 Å². The maximum atomic E-state index is 11.7. The Bertz CT molecular complexity index is 757. The largest absolute Gasteiger partial charge is 0.353 e. The molecule has 0 radical (unpaired) electrons. The number of piperidine rings is 1. The Morgan fingerprint density at radius 3 is 2.62 bits per heavy atom. The zero-order valence-corrected chi connectivity index (χ0v) is 14.0. The second kappa shape index (κ2) is 6.82. The number of aromatic nitrogens is 2. The molecule has 1 fully saturated rings. The average molecular weight is 327 g/mol. The van der Waals surface area contributed by atoms with Crippen molar-refractivity contribution in [3.05, 3.63) is 45.8 Å². The molecule has 2 aromatic rings. The minimum absolute atomic E-state index is 0.0553. The summed E-state index contributed by atoms with van der Waals surface area (Å²) in [5.41, 5.74) is 2.93. The highest BCUT2D eigenvalue weighted by atomic mass is 16.6. The first-order chi connectivity index (χ1) is 11.6. The summed E-state index contributed by atoms with van der Waals surface area (Å²) in [6, 6.07) is 5.83. The fourth-order valence-corrected chi connectivity index (χ4v) is 2.98. The Kier molecular flexibility index (Phi) is 4.59. The minimum atomic E-state index is -0.391. The van der Waals surface area contributed by atoms with Crippen LogP contribution in [-0.4, -0.2) is 28.0 Å². The van der Waals surface area contributed by atoms with Crippen LogP contribution in [0.3, 0.4) is 0 Å². The molecule has 1 aliphatic rings. The van der Waals surface area contributed by atoms with Gasteiger partial charge in [0.1, 0.15) is 6.33 Å². The molecule has 0 bridgehead atoms. The molecular weight excluding hydrogens is 306 g/mol. The molecule has 3 rings (SSSR count). The van der Waals surface area contributed by atoms with E-state index in [1.54, 1.807) is 0 Å². The highest BCUT2D eigenvalue weighted by Crippen LogP contribution is 2.35. The van der Waals surface area contributed by atoms with Crippen molar-refractivity contribution in [1.82, 2.24) is 9.97 Å². The molecule has 0 spiro atoms. The van der Waals surface area contributed by atoms with E-state index in [2.05, 4.69) is 15.3 Å². The van der Waals surface area contributed by atoms with E-state index >= 15 is 0 Å². The van der Waals surface area contributed by atoms with Crippen molar-refractivity contribution in [2.75, 3.05) is 23.3 Å². The SMILES string of the molecule is Cc1cccc(Nc2ncnc(N3CCCCC3)c2[N+](=O)[O-])c1C. The lowest BCUT2D eigenvalue weighted by molar-refractivity contribution is -0.383. The molecule has 1 aliphatic heterocycles. The van der Waals surface area contributed by atoms with Crippen LogP contribution in [0.15, 0.2) is 24.5 Å². The van der Waals surface area contributed by atoms with Gasteiger partial charge < -0.3 is 10.2 Å². The Balaban J connectivity index is 2.01. The molecule has 0 aliphatic carbocycles. The molecule has 1 aromatic heterocycles. The van der Waals surface area contributed by atoms with Crippen LogP contribution < -0.4 is 10.2 Å². The molecule has 1 aromatic carbocycles.